The van der Waals surface area contributed by atoms with E-state index in [2.05, 4.69) is 10.2 Å². The molecular formula is C22H22ClF3N2O2. The minimum atomic E-state index is -4.65. The van der Waals surface area contributed by atoms with Crippen LogP contribution in [-0.4, -0.2) is 49.8 Å². The number of hydrogen-bond acceptors (Lipinski definition) is 3. The highest BCUT2D eigenvalue weighted by atomic mass is 35.5. The fourth-order valence-electron chi connectivity index (χ4n) is 3.40. The van der Waals surface area contributed by atoms with Crippen LogP contribution in [0.1, 0.15) is 17.2 Å². The van der Waals surface area contributed by atoms with Crippen LogP contribution in [0.4, 0.5) is 13.2 Å². The number of hydrogen-bond donors (Lipinski definition) is 1. The zero-order chi connectivity index (χ0) is 21.6. The predicted molar refractivity (Wildman–Crippen MR) is 110 cm³/mol. The molecule has 1 heterocycles. The largest absolute Gasteiger partial charge is 0.417 e. The molecule has 0 saturated carbocycles. The number of allylic oxidation sites excluding steroid dienone is 1. The number of nitrogens with zero attached hydrogens (tertiary/aromatic N) is 1. The first-order valence-corrected chi connectivity index (χ1v) is 9.92. The summed E-state index contributed by atoms with van der Waals surface area (Å²) < 4.78 is 45.8. The Morgan fingerprint density at radius 2 is 1.73 bits per heavy atom. The smallest absolute Gasteiger partial charge is 0.379 e. The van der Waals surface area contributed by atoms with Gasteiger partial charge >= 0.3 is 6.18 Å². The number of rotatable bonds is 6. The van der Waals surface area contributed by atoms with E-state index in [0.717, 1.165) is 5.56 Å². The Balaban J connectivity index is 1.79. The molecule has 1 atom stereocenters. The van der Waals surface area contributed by atoms with E-state index < -0.39 is 17.7 Å². The molecule has 4 nitrogen and oxygen atoms in total. The van der Waals surface area contributed by atoms with Gasteiger partial charge in [-0.3, -0.25) is 9.69 Å². The molecule has 0 aliphatic carbocycles. The van der Waals surface area contributed by atoms with Crippen LogP contribution in [0.3, 0.4) is 0 Å². The molecule has 0 radical (unpaired) electrons. The number of ether oxygens (including phenoxy) is 1. The fourth-order valence-corrected chi connectivity index (χ4v) is 3.66. The Kier molecular flexibility index (Phi) is 7.53. The molecule has 3 rings (SSSR count). The summed E-state index contributed by atoms with van der Waals surface area (Å²) in [6, 6.07) is 14.3. The Hall–Kier alpha value is -2.35. The van der Waals surface area contributed by atoms with Gasteiger partial charge in [-0.05, 0) is 17.2 Å². The van der Waals surface area contributed by atoms with E-state index in [0.29, 0.717) is 37.4 Å². The number of alkyl halides is 3. The quantitative estimate of drug-likeness (QED) is 0.676. The number of carbonyl (C=O) groups excluding carboxylic acids is 1. The lowest BCUT2D eigenvalue weighted by atomic mass is 10.0. The van der Waals surface area contributed by atoms with Crippen LogP contribution in [0.5, 0.6) is 0 Å². The third kappa shape index (κ3) is 5.84. The lowest BCUT2D eigenvalue weighted by Gasteiger charge is -2.35. The van der Waals surface area contributed by atoms with E-state index in [4.69, 9.17) is 16.3 Å². The summed E-state index contributed by atoms with van der Waals surface area (Å²) in [6.45, 7) is 2.49. The van der Waals surface area contributed by atoms with Crippen molar-refractivity contribution in [1.82, 2.24) is 10.2 Å². The van der Waals surface area contributed by atoms with Crippen molar-refractivity contribution in [2.45, 2.75) is 12.2 Å². The van der Waals surface area contributed by atoms with Crippen molar-refractivity contribution in [1.29, 1.82) is 0 Å². The van der Waals surface area contributed by atoms with Crippen LogP contribution in [0, 0.1) is 0 Å². The topological polar surface area (TPSA) is 41.6 Å². The predicted octanol–water partition coefficient (Wildman–Crippen LogP) is 4.48. The van der Waals surface area contributed by atoms with Crippen LogP contribution in [-0.2, 0) is 9.53 Å². The van der Waals surface area contributed by atoms with Crippen LogP contribution < -0.4 is 5.32 Å². The molecule has 8 heteroatoms. The zero-order valence-corrected chi connectivity index (χ0v) is 16.9. The minimum Gasteiger partial charge on any atom is -0.379 e. The van der Waals surface area contributed by atoms with Crippen LogP contribution >= 0.6 is 11.6 Å². The van der Waals surface area contributed by atoms with Crippen molar-refractivity contribution in [3.63, 3.8) is 0 Å². The highest BCUT2D eigenvalue weighted by Gasteiger charge is 2.35. The number of benzene rings is 2. The maximum Gasteiger partial charge on any atom is 0.417 e. The molecule has 2 aromatic rings. The average molecular weight is 439 g/mol. The van der Waals surface area contributed by atoms with Gasteiger partial charge in [0.2, 0.25) is 5.91 Å². The van der Waals surface area contributed by atoms with Gasteiger partial charge in [0.25, 0.3) is 0 Å². The highest BCUT2D eigenvalue weighted by Crippen LogP contribution is 2.33. The second kappa shape index (κ2) is 10.1. The lowest BCUT2D eigenvalue weighted by molar-refractivity contribution is -0.117. The first-order chi connectivity index (χ1) is 14.4. The summed E-state index contributed by atoms with van der Waals surface area (Å²) in [6.07, 6.45) is -4.04. The van der Waals surface area contributed by atoms with Crippen molar-refractivity contribution in [3.8, 4) is 0 Å². The average Bonchev–Trinajstić information content (AvgIpc) is 2.74. The number of nitrogens with one attached hydrogen (secondary N) is 1. The van der Waals surface area contributed by atoms with E-state index in [9.17, 15) is 18.0 Å². The maximum atomic E-state index is 13.5. The SMILES string of the molecule is O=C(/C=C(\c1ccccc1)C(F)(F)F)NCC(c1ccccc1Cl)N1CCOCC1. The molecule has 2 aromatic carbocycles. The number of halogens is 4. The number of carbonyl (C=O) groups is 1. The van der Waals surface area contributed by atoms with E-state index in [1.165, 1.54) is 24.3 Å². The molecule has 30 heavy (non-hydrogen) atoms. The van der Waals surface area contributed by atoms with Crippen LogP contribution in [0.2, 0.25) is 5.02 Å². The summed E-state index contributed by atoms with van der Waals surface area (Å²) in [5.41, 5.74) is -0.235. The first-order valence-electron chi connectivity index (χ1n) is 9.54. The van der Waals surface area contributed by atoms with Gasteiger partial charge in [-0.1, -0.05) is 60.1 Å². The summed E-state index contributed by atoms with van der Waals surface area (Å²) in [5, 5.41) is 3.16. The number of morpholine rings is 1. The molecule has 1 fully saturated rings. The highest BCUT2D eigenvalue weighted by molar-refractivity contribution is 6.31. The summed E-state index contributed by atoms with van der Waals surface area (Å²) >= 11 is 6.35. The van der Waals surface area contributed by atoms with Crippen LogP contribution in [0.25, 0.3) is 5.57 Å². The Bertz CT molecular complexity index is 881. The van der Waals surface area contributed by atoms with Gasteiger partial charge in [-0.2, -0.15) is 13.2 Å². The first kappa shape index (κ1) is 22.3. The standard InChI is InChI=1S/C22H22ClF3N2O2/c23-19-9-5-4-8-17(19)20(28-10-12-30-13-11-28)15-27-21(29)14-18(22(24,25)26)16-6-2-1-3-7-16/h1-9,14,20H,10-13,15H2,(H,27,29)/b18-14+. The molecule has 1 amide bonds. The molecule has 0 aromatic heterocycles. The van der Waals surface area contributed by atoms with Gasteiger partial charge < -0.3 is 10.1 Å². The maximum absolute atomic E-state index is 13.5. The van der Waals surface area contributed by atoms with Crippen molar-refractivity contribution >= 4 is 23.1 Å². The van der Waals surface area contributed by atoms with Gasteiger partial charge in [-0.25, -0.2) is 0 Å². The van der Waals surface area contributed by atoms with Crippen molar-refractivity contribution in [2.75, 3.05) is 32.8 Å². The van der Waals surface area contributed by atoms with E-state index in [1.807, 2.05) is 12.1 Å². The molecule has 1 aliphatic heterocycles. The minimum absolute atomic E-state index is 0.0593. The lowest BCUT2D eigenvalue weighted by Crippen LogP contribution is -2.43. The molecule has 0 spiro atoms. The van der Waals surface area contributed by atoms with E-state index in [-0.39, 0.29) is 18.2 Å². The number of amides is 1. The molecule has 1 unspecified atom stereocenters. The van der Waals surface area contributed by atoms with Gasteiger partial charge in [0, 0.05) is 30.7 Å². The molecule has 1 N–H and O–H groups in total. The van der Waals surface area contributed by atoms with Crippen molar-refractivity contribution < 1.29 is 22.7 Å². The third-order valence-corrected chi connectivity index (χ3v) is 5.23. The van der Waals surface area contributed by atoms with Crippen LogP contribution in [0.15, 0.2) is 60.7 Å². The second-order valence-corrected chi connectivity index (χ2v) is 7.26. The van der Waals surface area contributed by atoms with Crippen molar-refractivity contribution in [2.24, 2.45) is 0 Å². The van der Waals surface area contributed by atoms with Gasteiger partial charge in [-0.15, -0.1) is 0 Å². The van der Waals surface area contributed by atoms with Gasteiger partial charge in [0.05, 0.1) is 24.8 Å². The molecule has 160 valence electrons. The Morgan fingerprint density at radius 1 is 1.10 bits per heavy atom. The van der Waals surface area contributed by atoms with Crippen molar-refractivity contribution in [3.05, 3.63) is 76.8 Å². The summed E-state index contributed by atoms with van der Waals surface area (Å²) in [4.78, 5) is 14.5. The monoisotopic (exact) mass is 438 g/mol. The Morgan fingerprint density at radius 3 is 2.37 bits per heavy atom. The third-order valence-electron chi connectivity index (χ3n) is 4.89. The second-order valence-electron chi connectivity index (χ2n) is 6.85. The van der Waals surface area contributed by atoms with E-state index >= 15 is 0 Å². The Labute approximate surface area is 178 Å². The van der Waals surface area contributed by atoms with Gasteiger partial charge in [0.15, 0.2) is 0 Å². The van der Waals surface area contributed by atoms with Gasteiger partial charge in [0.1, 0.15) is 0 Å². The van der Waals surface area contributed by atoms with E-state index in [1.54, 1.807) is 18.2 Å². The normalized spacial score (nSPS) is 16.9. The molecule has 1 saturated heterocycles. The summed E-state index contributed by atoms with van der Waals surface area (Å²) in [7, 11) is 0. The summed E-state index contributed by atoms with van der Waals surface area (Å²) in [5.74, 6) is -0.809. The molecule has 1 aliphatic rings. The zero-order valence-electron chi connectivity index (χ0n) is 16.2. The molecular weight excluding hydrogens is 417 g/mol. The fraction of sp³-hybridized carbons (Fsp3) is 0.318. The molecule has 0 bridgehead atoms.